The van der Waals surface area contributed by atoms with Gasteiger partial charge in [-0.1, -0.05) is 30.1 Å². The molecule has 0 saturated carbocycles. The normalized spacial score (nSPS) is 25.5. The summed E-state index contributed by atoms with van der Waals surface area (Å²) in [6.45, 7) is 2.81. The van der Waals surface area contributed by atoms with Crippen LogP contribution in [0.25, 0.3) is 0 Å². The van der Waals surface area contributed by atoms with Crippen LogP contribution in [-0.2, 0) is 10.0 Å². The van der Waals surface area contributed by atoms with Crippen molar-refractivity contribution in [1.82, 2.24) is 4.31 Å². The molecule has 2 unspecified atom stereocenters. The fourth-order valence-electron chi connectivity index (χ4n) is 2.04. The van der Waals surface area contributed by atoms with Crippen LogP contribution in [0.4, 0.5) is 0 Å². The maximum atomic E-state index is 12.5. The van der Waals surface area contributed by atoms with Gasteiger partial charge < -0.3 is 0 Å². The van der Waals surface area contributed by atoms with Crippen molar-refractivity contribution in [3.8, 4) is 0 Å². The summed E-state index contributed by atoms with van der Waals surface area (Å²) in [5.74, 6) is 0.316. The highest BCUT2D eigenvalue weighted by Crippen LogP contribution is 2.29. The topological polar surface area (TPSA) is 37.4 Å². The molecule has 0 bridgehead atoms. The fourth-order valence-corrected chi connectivity index (χ4v) is 4.62. The van der Waals surface area contributed by atoms with Crippen molar-refractivity contribution < 1.29 is 8.42 Å². The van der Waals surface area contributed by atoms with Gasteiger partial charge in [0.1, 0.15) is 0 Å². The number of halogens is 3. The largest absolute Gasteiger partial charge is 0.243 e. The summed E-state index contributed by atoms with van der Waals surface area (Å²) >= 11 is 17.9. The zero-order valence-electron chi connectivity index (χ0n) is 10.3. The minimum atomic E-state index is -3.58. The van der Waals surface area contributed by atoms with Gasteiger partial charge >= 0.3 is 0 Å². The lowest BCUT2D eigenvalue weighted by Crippen LogP contribution is -2.43. The summed E-state index contributed by atoms with van der Waals surface area (Å²) in [5, 5.41) is 0.441. The van der Waals surface area contributed by atoms with Crippen LogP contribution in [0.1, 0.15) is 13.3 Å². The van der Waals surface area contributed by atoms with E-state index >= 15 is 0 Å². The zero-order valence-corrected chi connectivity index (χ0v) is 13.4. The van der Waals surface area contributed by atoms with E-state index < -0.39 is 10.0 Å². The Hall–Kier alpha value is -0.000000000000000111. The Bertz CT molecular complexity index is 556. The third-order valence-electron chi connectivity index (χ3n) is 3.30. The molecule has 106 valence electrons. The molecule has 0 radical (unpaired) electrons. The summed E-state index contributed by atoms with van der Waals surface area (Å²) in [6, 6.07) is 4.32. The van der Waals surface area contributed by atoms with Crippen LogP contribution < -0.4 is 0 Å². The Morgan fingerprint density at radius 1 is 1.21 bits per heavy atom. The molecule has 1 aliphatic rings. The van der Waals surface area contributed by atoms with Gasteiger partial charge in [-0.05, 0) is 30.5 Å². The van der Waals surface area contributed by atoms with Crippen LogP contribution in [0.15, 0.2) is 23.1 Å². The first kappa shape index (κ1) is 15.4. The molecule has 1 saturated heterocycles. The van der Waals surface area contributed by atoms with E-state index in [2.05, 4.69) is 0 Å². The predicted molar refractivity (Wildman–Crippen MR) is 78.6 cm³/mol. The second kappa shape index (κ2) is 5.78. The van der Waals surface area contributed by atoms with Crippen molar-refractivity contribution in [2.75, 3.05) is 13.1 Å². The van der Waals surface area contributed by atoms with Crippen molar-refractivity contribution in [2.45, 2.75) is 23.6 Å². The molecule has 1 fully saturated rings. The first-order valence-electron chi connectivity index (χ1n) is 5.91. The van der Waals surface area contributed by atoms with Crippen molar-refractivity contribution in [1.29, 1.82) is 0 Å². The number of sulfonamides is 1. The van der Waals surface area contributed by atoms with E-state index in [1.807, 2.05) is 6.92 Å². The van der Waals surface area contributed by atoms with Crippen molar-refractivity contribution in [3.05, 3.63) is 28.2 Å². The molecule has 1 heterocycles. The molecule has 0 N–H and O–H groups in total. The molecule has 3 nitrogen and oxygen atoms in total. The van der Waals surface area contributed by atoms with E-state index in [0.717, 1.165) is 6.42 Å². The number of rotatable bonds is 2. The van der Waals surface area contributed by atoms with Crippen molar-refractivity contribution in [3.63, 3.8) is 0 Å². The molecule has 1 aromatic carbocycles. The van der Waals surface area contributed by atoms with Gasteiger partial charge in [0.25, 0.3) is 0 Å². The van der Waals surface area contributed by atoms with Gasteiger partial charge in [0.2, 0.25) is 10.0 Å². The van der Waals surface area contributed by atoms with Crippen LogP contribution >= 0.6 is 34.8 Å². The summed E-state index contributed by atoms with van der Waals surface area (Å²) in [5.41, 5.74) is 0. The highest BCUT2D eigenvalue weighted by molar-refractivity contribution is 7.89. The molecule has 19 heavy (non-hydrogen) atoms. The van der Waals surface area contributed by atoms with Gasteiger partial charge in [0, 0.05) is 28.5 Å². The lowest BCUT2D eigenvalue weighted by molar-refractivity contribution is 0.293. The fraction of sp³-hybridized carbons (Fsp3) is 0.500. The first-order chi connectivity index (χ1) is 8.80. The smallest absolute Gasteiger partial charge is 0.207 e. The average molecular weight is 343 g/mol. The van der Waals surface area contributed by atoms with E-state index in [0.29, 0.717) is 29.1 Å². The third kappa shape index (κ3) is 3.37. The van der Waals surface area contributed by atoms with Gasteiger partial charge in [-0.3, -0.25) is 0 Å². The van der Waals surface area contributed by atoms with Crippen molar-refractivity contribution in [2.24, 2.45) is 5.92 Å². The third-order valence-corrected chi connectivity index (χ3v) is 6.15. The summed E-state index contributed by atoms with van der Waals surface area (Å²) in [6.07, 6.45) is 0.752. The minimum absolute atomic E-state index is 0.114. The molecule has 0 spiro atoms. The van der Waals surface area contributed by atoms with Crippen LogP contribution in [0, 0.1) is 5.92 Å². The van der Waals surface area contributed by atoms with Crippen LogP contribution in [0.5, 0.6) is 0 Å². The highest BCUT2D eigenvalue weighted by atomic mass is 35.5. The molecular weight excluding hydrogens is 329 g/mol. The molecule has 0 amide bonds. The van der Waals surface area contributed by atoms with Crippen LogP contribution in [-0.4, -0.2) is 31.2 Å². The Labute approximate surface area is 128 Å². The van der Waals surface area contributed by atoms with Crippen LogP contribution in [0.2, 0.25) is 10.0 Å². The van der Waals surface area contributed by atoms with Crippen LogP contribution in [0.3, 0.4) is 0 Å². The minimum Gasteiger partial charge on any atom is -0.207 e. The lowest BCUT2D eigenvalue weighted by atomic mass is 10.0. The van der Waals surface area contributed by atoms with Gasteiger partial charge in [-0.15, -0.1) is 11.6 Å². The molecule has 2 atom stereocenters. The average Bonchev–Trinajstić information content (AvgIpc) is 2.31. The Balaban J connectivity index is 2.32. The van der Waals surface area contributed by atoms with Gasteiger partial charge in [-0.2, -0.15) is 4.31 Å². The maximum absolute atomic E-state index is 12.5. The van der Waals surface area contributed by atoms with Gasteiger partial charge in [0.05, 0.1) is 4.90 Å². The Morgan fingerprint density at radius 2 is 1.79 bits per heavy atom. The SMILES string of the molecule is CC1CCN(S(=O)(=O)c2cc(Cl)cc(Cl)c2)CC1Cl. The second-order valence-electron chi connectivity index (χ2n) is 4.75. The molecule has 0 aromatic heterocycles. The highest BCUT2D eigenvalue weighted by Gasteiger charge is 2.33. The van der Waals surface area contributed by atoms with Gasteiger partial charge in [-0.25, -0.2) is 8.42 Å². The standard InChI is InChI=1S/C12H14Cl3NO2S/c1-8-2-3-16(7-12(8)15)19(17,18)11-5-9(13)4-10(14)6-11/h4-6,8,12H,2-3,7H2,1H3. The number of benzene rings is 1. The Kier molecular flexibility index (Phi) is 4.68. The maximum Gasteiger partial charge on any atom is 0.243 e. The van der Waals surface area contributed by atoms with E-state index in [-0.39, 0.29) is 10.3 Å². The zero-order chi connectivity index (χ0) is 14.2. The molecule has 1 aromatic rings. The second-order valence-corrected chi connectivity index (χ2v) is 8.12. The molecule has 1 aliphatic heterocycles. The molecule has 7 heteroatoms. The number of piperidine rings is 1. The van der Waals surface area contributed by atoms with E-state index in [1.165, 1.54) is 22.5 Å². The Morgan fingerprint density at radius 3 is 2.32 bits per heavy atom. The number of hydrogen-bond donors (Lipinski definition) is 0. The van der Waals surface area contributed by atoms with E-state index in [9.17, 15) is 8.42 Å². The quantitative estimate of drug-likeness (QED) is 0.770. The number of nitrogens with zero attached hydrogens (tertiary/aromatic N) is 1. The monoisotopic (exact) mass is 341 g/mol. The number of alkyl halides is 1. The molecule has 0 aliphatic carbocycles. The summed E-state index contributed by atoms with van der Waals surface area (Å²) in [7, 11) is -3.58. The molecule has 2 rings (SSSR count). The predicted octanol–water partition coefficient (Wildman–Crippen LogP) is 3.63. The van der Waals surface area contributed by atoms with E-state index in [4.69, 9.17) is 34.8 Å². The lowest BCUT2D eigenvalue weighted by Gasteiger charge is -2.33. The molecular formula is C12H14Cl3NO2S. The number of hydrogen-bond acceptors (Lipinski definition) is 2. The summed E-state index contributed by atoms with van der Waals surface area (Å²) in [4.78, 5) is 0.114. The van der Waals surface area contributed by atoms with Crippen molar-refractivity contribution >= 4 is 44.8 Å². The van der Waals surface area contributed by atoms with Gasteiger partial charge in [0.15, 0.2) is 0 Å². The summed E-state index contributed by atoms with van der Waals surface area (Å²) < 4.78 is 26.4. The van der Waals surface area contributed by atoms with E-state index in [1.54, 1.807) is 0 Å². The first-order valence-corrected chi connectivity index (χ1v) is 8.54.